The van der Waals surface area contributed by atoms with E-state index in [1.165, 1.54) is 5.56 Å². The minimum absolute atomic E-state index is 0.456. The fraction of sp³-hybridized carbons (Fsp3) is 0.385. The molecule has 4 nitrogen and oxygen atoms in total. The zero-order valence-corrected chi connectivity index (χ0v) is 11.8. The molecule has 0 aliphatic carbocycles. The second-order valence-electron chi connectivity index (χ2n) is 4.50. The van der Waals surface area contributed by atoms with E-state index in [9.17, 15) is 0 Å². The standard InChI is InChI=1S/C13H15BrN4/c1-2-11-12(14)13-16-7-10(8-18(13)17-11)9-3-5-15-6-4-9/h3-6,10,16H,2,7-8H2,1H3. The lowest BCUT2D eigenvalue weighted by molar-refractivity contribution is 0.502. The summed E-state index contributed by atoms with van der Waals surface area (Å²) >= 11 is 3.62. The Hall–Kier alpha value is -1.36. The average molecular weight is 307 g/mol. The number of fused-ring (bicyclic) bond motifs is 1. The van der Waals surface area contributed by atoms with Gasteiger partial charge in [-0.2, -0.15) is 5.10 Å². The summed E-state index contributed by atoms with van der Waals surface area (Å²) in [5, 5.41) is 8.10. The van der Waals surface area contributed by atoms with Crippen molar-refractivity contribution < 1.29 is 0 Å². The van der Waals surface area contributed by atoms with Crippen LogP contribution in [0.15, 0.2) is 29.0 Å². The van der Waals surface area contributed by atoms with Gasteiger partial charge in [0.05, 0.1) is 16.7 Å². The lowest BCUT2D eigenvalue weighted by atomic mass is 9.99. The number of aromatic nitrogens is 3. The highest BCUT2D eigenvalue weighted by atomic mass is 79.9. The van der Waals surface area contributed by atoms with E-state index in [1.807, 2.05) is 12.4 Å². The van der Waals surface area contributed by atoms with Crippen LogP contribution in [-0.4, -0.2) is 21.3 Å². The van der Waals surface area contributed by atoms with E-state index >= 15 is 0 Å². The zero-order valence-electron chi connectivity index (χ0n) is 10.2. The minimum atomic E-state index is 0.456. The number of nitrogens with zero attached hydrogens (tertiary/aromatic N) is 3. The molecule has 0 spiro atoms. The first-order valence-electron chi connectivity index (χ1n) is 6.18. The summed E-state index contributed by atoms with van der Waals surface area (Å²) in [6.07, 6.45) is 4.64. The molecule has 1 aliphatic rings. The lowest BCUT2D eigenvalue weighted by Crippen LogP contribution is -2.26. The molecule has 5 heteroatoms. The highest BCUT2D eigenvalue weighted by Gasteiger charge is 2.24. The number of aryl methyl sites for hydroxylation is 1. The van der Waals surface area contributed by atoms with Gasteiger partial charge >= 0.3 is 0 Å². The van der Waals surface area contributed by atoms with Crippen molar-refractivity contribution in [3.05, 3.63) is 40.3 Å². The van der Waals surface area contributed by atoms with E-state index in [-0.39, 0.29) is 0 Å². The molecule has 94 valence electrons. The third kappa shape index (κ3) is 1.92. The molecule has 0 amide bonds. The maximum absolute atomic E-state index is 4.64. The van der Waals surface area contributed by atoms with Gasteiger partial charge in [0, 0.05) is 24.9 Å². The van der Waals surface area contributed by atoms with Gasteiger partial charge in [-0.1, -0.05) is 6.92 Å². The fourth-order valence-electron chi connectivity index (χ4n) is 2.37. The minimum Gasteiger partial charge on any atom is -0.369 e. The zero-order chi connectivity index (χ0) is 12.5. The van der Waals surface area contributed by atoms with Crippen LogP contribution in [-0.2, 0) is 13.0 Å². The first-order chi connectivity index (χ1) is 8.79. The van der Waals surface area contributed by atoms with Gasteiger partial charge in [0.25, 0.3) is 0 Å². The molecule has 2 aromatic rings. The monoisotopic (exact) mass is 306 g/mol. The van der Waals surface area contributed by atoms with Gasteiger partial charge in [-0.3, -0.25) is 4.98 Å². The van der Waals surface area contributed by atoms with Crippen LogP contribution in [0.4, 0.5) is 5.82 Å². The molecule has 0 aromatic carbocycles. The van der Waals surface area contributed by atoms with E-state index in [1.54, 1.807) is 0 Å². The van der Waals surface area contributed by atoms with E-state index in [4.69, 9.17) is 0 Å². The van der Waals surface area contributed by atoms with Crippen LogP contribution in [0.25, 0.3) is 0 Å². The van der Waals surface area contributed by atoms with Crippen molar-refractivity contribution in [2.24, 2.45) is 0 Å². The summed E-state index contributed by atoms with van der Waals surface area (Å²) in [5.41, 5.74) is 2.43. The fourth-order valence-corrected chi connectivity index (χ4v) is 3.07. The topological polar surface area (TPSA) is 42.7 Å². The van der Waals surface area contributed by atoms with Crippen molar-refractivity contribution in [3.8, 4) is 0 Å². The van der Waals surface area contributed by atoms with Crippen LogP contribution in [0.2, 0.25) is 0 Å². The maximum Gasteiger partial charge on any atom is 0.139 e. The second-order valence-corrected chi connectivity index (χ2v) is 5.30. The van der Waals surface area contributed by atoms with Gasteiger partial charge in [-0.05, 0) is 40.0 Å². The Morgan fingerprint density at radius 2 is 2.22 bits per heavy atom. The van der Waals surface area contributed by atoms with Crippen LogP contribution < -0.4 is 5.32 Å². The first kappa shape index (κ1) is 11.7. The maximum atomic E-state index is 4.64. The Morgan fingerprint density at radius 3 is 2.94 bits per heavy atom. The predicted molar refractivity (Wildman–Crippen MR) is 74.8 cm³/mol. The number of anilines is 1. The van der Waals surface area contributed by atoms with Gasteiger partial charge in [0.2, 0.25) is 0 Å². The molecule has 3 rings (SSSR count). The number of hydrogen-bond donors (Lipinski definition) is 1. The van der Waals surface area contributed by atoms with Crippen molar-refractivity contribution in [2.45, 2.75) is 25.8 Å². The molecule has 0 fully saturated rings. The molecule has 0 radical (unpaired) electrons. The third-order valence-electron chi connectivity index (χ3n) is 3.38. The summed E-state index contributed by atoms with van der Waals surface area (Å²) in [4.78, 5) is 4.07. The van der Waals surface area contributed by atoms with Crippen LogP contribution in [0.5, 0.6) is 0 Å². The normalized spacial score (nSPS) is 18.2. The highest BCUT2D eigenvalue weighted by Crippen LogP contribution is 2.32. The van der Waals surface area contributed by atoms with Crippen LogP contribution in [0.1, 0.15) is 24.1 Å². The van der Waals surface area contributed by atoms with Gasteiger partial charge in [0.15, 0.2) is 0 Å². The van der Waals surface area contributed by atoms with Gasteiger partial charge in [-0.15, -0.1) is 0 Å². The van der Waals surface area contributed by atoms with Crippen molar-refractivity contribution in [2.75, 3.05) is 11.9 Å². The number of nitrogens with one attached hydrogen (secondary N) is 1. The molecule has 0 saturated carbocycles. The summed E-state index contributed by atoms with van der Waals surface area (Å²) in [5.74, 6) is 1.56. The van der Waals surface area contributed by atoms with Crippen molar-refractivity contribution in [1.82, 2.24) is 14.8 Å². The van der Waals surface area contributed by atoms with Gasteiger partial charge < -0.3 is 5.32 Å². The summed E-state index contributed by atoms with van der Waals surface area (Å²) < 4.78 is 3.18. The molecule has 1 atom stereocenters. The van der Waals surface area contributed by atoms with E-state index < -0.39 is 0 Å². The predicted octanol–water partition coefficient (Wildman–Crippen LogP) is 2.81. The van der Waals surface area contributed by atoms with Gasteiger partial charge in [0.1, 0.15) is 5.82 Å². The van der Waals surface area contributed by atoms with Crippen molar-refractivity contribution >= 4 is 21.7 Å². The Morgan fingerprint density at radius 1 is 1.44 bits per heavy atom. The second kappa shape index (κ2) is 4.72. The van der Waals surface area contributed by atoms with E-state index in [2.05, 4.69) is 55.1 Å². The van der Waals surface area contributed by atoms with Crippen molar-refractivity contribution in [1.29, 1.82) is 0 Å². The van der Waals surface area contributed by atoms with E-state index in [0.29, 0.717) is 5.92 Å². The van der Waals surface area contributed by atoms with Crippen LogP contribution >= 0.6 is 15.9 Å². The molecule has 2 aromatic heterocycles. The summed E-state index contributed by atoms with van der Waals surface area (Å²) in [7, 11) is 0. The Bertz CT molecular complexity index is 550. The van der Waals surface area contributed by atoms with Crippen LogP contribution in [0.3, 0.4) is 0 Å². The lowest BCUT2D eigenvalue weighted by Gasteiger charge is -2.25. The Balaban J connectivity index is 1.90. The smallest absolute Gasteiger partial charge is 0.139 e. The number of rotatable bonds is 2. The highest BCUT2D eigenvalue weighted by molar-refractivity contribution is 9.10. The molecule has 3 heterocycles. The first-order valence-corrected chi connectivity index (χ1v) is 6.98. The molecular formula is C13H15BrN4. The number of hydrogen-bond acceptors (Lipinski definition) is 3. The SMILES string of the molecule is CCc1nn2c(c1Br)NCC(c1ccncc1)C2. The Kier molecular flexibility index (Phi) is 3.07. The average Bonchev–Trinajstić information content (AvgIpc) is 2.76. The number of halogens is 1. The quantitative estimate of drug-likeness (QED) is 0.928. The number of pyridine rings is 1. The molecule has 1 unspecified atom stereocenters. The molecule has 0 bridgehead atoms. The van der Waals surface area contributed by atoms with Gasteiger partial charge in [-0.25, -0.2) is 4.68 Å². The molecule has 18 heavy (non-hydrogen) atoms. The largest absolute Gasteiger partial charge is 0.369 e. The molecular weight excluding hydrogens is 292 g/mol. The third-order valence-corrected chi connectivity index (χ3v) is 4.22. The Labute approximate surface area is 115 Å². The summed E-state index contributed by atoms with van der Waals surface area (Å²) in [6.45, 7) is 3.99. The molecule has 1 N–H and O–H groups in total. The molecule has 1 aliphatic heterocycles. The summed E-state index contributed by atoms with van der Waals surface area (Å²) in [6, 6.07) is 4.16. The van der Waals surface area contributed by atoms with Crippen molar-refractivity contribution in [3.63, 3.8) is 0 Å². The van der Waals surface area contributed by atoms with E-state index in [0.717, 1.165) is 35.5 Å². The van der Waals surface area contributed by atoms with Crippen LogP contribution in [0, 0.1) is 0 Å². The molecule has 0 saturated heterocycles.